The van der Waals surface area contributed by atoms with Gasteiger partial charge in [0.25, 0.3) is 0 Å². The van der Waals surface area contributed by atoms with Crippen molar-refractivity contribution < 1.29 is 5.11 Å². The van der Waals surface area contributed by atoms with Crippen molar-refractivity contribution in [3.63, 3.8) is 0 Å². The summed E-state index contributed by atoms with van der Waals surface area (Å²) >= 11 is 0. The van der Waals surface area contributed by atoms with Crippen LogP contribution in [0.1, 0.15) is 25.7 Å². The van der Waals surface area contributed by atoms with Crippen molar-refractivity contribution in [3.8, 4) is 0 Å². The molecule has 1 saturated heterocycles. The number of rotatable bonds is 8. The second kappa shape index (κ2) is 6.85. The molecular formula is C14H29N3O. The van der Waals surface area contributed by atoms with Crippen LogP contribution in [0, 0.1) is 5.92 Å². The van der Waals surface area contributed by atoms with E-state index in [0.29, 0.717) is 12.1 Å². The molecule has 1 aliphatic heterocycles. The smallest absolute Gasteiger partial charge is 0.0585 e. The van der Waals surface area contributed by atoms with E-state index in [0.717, 1.165) is 18.9 Å². The Kier molecular flexibility index (Phi) is 5.42. The molecule has 0 aromatic carbocycles. The first kappa shape index (κ1) is 14.3. The van der Waals surface area contributed by atoms with E-state index in [1.165, 1.54) is 38.9 Å². The molecule has 1 aliphatic carbocycles. The van der Waals surface area contributed by atoms with Crippen molar-refractivity contribution in [1.82, 2.24) is 15.1 Å². The molecule has 2 rings (SSSR count). The largest absolute Gasteiger partial charge is 0.395 e. The Balaban J connectivity index is 1.59. The van der Waals surface area contributed by atoms with Crippen molar-refractivity contribution in [1.29, 1.82) is 0 Å². The van der Waals surface area contributed by atoms with Crippen LogP contribution in [0.2, 0.25) is 0 Å². The molecule has 0 aromatic rings. The molecule has 0 radical (unpaired) electrons. The zero-order valence-corrected chi connectivity index (χ0v) is 11.9. The van der Waals surface area contributed by atoms with Crippen molar-refractivity contribution in [2.24, 2.45) is 5.92 Å². The maximum absolute atomic E-state index is 9.35. The summed E-state index contributed by atoms with van der Waals surface area (Å²) in [4.78, 5) is 4.85. The Morgan fingerprint density at radius 2 is 2.17 bits per heavy atom. The van der Waals surface area contributed by atoms with E-state index >= 15 is 0 Å². The fraction of sp³-hybridized carbons (Fsp3) is 1.00. The average Bonchev–Trinajstić information content (AvgIpc) is 3.07. The third-order valence-corrected chi connectivity index (χ3v) is 4.19. The maximum Gasteiger partial charge on any atom is 0.0585 e. The van der Waals surface area contributed by atoms with Gasteiger partial charge in [-0.3, -0.25) is 0 Å². The first-order valence-corrected chi connectivity index (χ1v) is 7.41. The summed E-state index contributed by atoms with van der Waals surface area (Å²) < 4.78 is 0. The summed E-state index contributed by atoms with van der Waals surface area (Å²) in [5.41, 5.74) is 0. The average molecular weight is 255 g/mol. The van der Waals surface area contributed by atoms with Gasteiger partial charge in [-0.1, -0.05) is 0 Å². The zero-order chi connectivity index (χ0) is 13.0. The summed E-state index contributed by atoms with van der Waals surface area (Å²) in [5.74, 6) is 0.837. The fourth-order valence-electron chi connectivity index (χ4n) is 2.89. The first-order chi connectivity index (χ1) is 8.67. The monoisotopic (exact) mass is 255 g/mol. The minimum atomic E-state index is 0.274. The molecule has 18 heavy (non-hydrogen) atoms. The highest BCUT2D eigenvalue weighted by atomic mass is 16.3. The normalized spacial score (nSPS) is 27.0. The number of aliphatic hydroxyl groups is 1. The molecule has 0 bridgehead atoms. The summed E-state index contributed by atoms with van der Waals surface area (Å²) in [5, 5.41) is 12.9. The standard InChI is InChI=1S/C14H29N3O/c1-16-7-5-12(9-16)10-17(2)8-6-14(11-18)15-13-3-4-13/h12-15,18H,3-11H2,1-2H3. The highest BCUT2D eigenvalue weighted by Crippen LogP contribution is 2.20. The molecule has 1 heterocycles. The van der Waals surface area contributed by atoms with E-state index in [9.17, 15) is 5.11 Å². The lowest BCUT2D eigenvalue weighted by atomic mass is 10.1. The van der Waals surface area contributed by atoms with E-state index in [-0.39, 0.29) is 6.61 Å². The van der Waals surface area contributed by atoms with E-state index in [1.54, 1.807) is 0 Å². The maximum atomic E-state index is 9.35. The highest BCUT2D eigenvalue weighted by molar-refractivity contribution is 4.85. The predicted molar refractivity (Wildman–Crippen MR) is 74.7 cm³/mol. The van der Waals surface area contributed by atoms with Gasteiger partial charge in [-0.25, -0.2) is 0 Å². The molecule has 1 saturated carbocycles. The van der Waals surface area contributed by atoms with Gasteiger partial charge in [-0.15, -0.1) is 0 Å². The third-order valence-electron chi connectivity index (χ3n) is 4.19. The molecule has 2 fully saturated rings. The van der Waals surface area contributed by atoms with Crippen LogP contribution >= 0.6 is 0 Å². The van der Waals surface area contributed by atoms with E-state index in [2.05, 4.69) is 29.2 Å². The van der Waals surface area contributed by atoms with Gasteiger partial charge in [-0.05, 0) is 58.8 Å². The van der Waals surface area contributed by atoms with Crippen LogP contribution in [0.3, 0.4) is 0 Å². The quantitative estimate of drug-likeness (QED) is 0.657. The number of hydrogen-bond donors (Lipinski definition) is 2. The molecule has 106 valence electrons. The van der Waals surface area contributed by atoms with E-state index in [1.807, 2.05) is 0 Å². The minimum Gasteiger partial charge on any atom is -0.395 e. The highest BCUT2D eigenvalue weighted by Gasteiger charge is 2.25. The van der Waals surface area contributed by atoms with E-state index < -0.39 is 0 Å². The number of aliphatic hydroxyl groups excluding tert-OH is 1. The van der Waals surface area contributed by atoms with Gasteiger partial charge in [-0.2, -0.15) is 0 Å². The number of hydrogen-bond acceptors (Lipinski definition) is 4. The predicted octanol–water partition coefficient (Wildman–Crippen LogP) is 0.373. The number of nitrogens with zero attached hydrogens (tertiary/aromatic N) is 2. The van der Waals surface area contributed by atoms with Gasteiger partial charge >= 0.3 is 0 Å². The van der Waals surface area contributed by atoms with Crippen LogP contribution in [0.15, 0.2) is 0 Å². The second-order valence-electron chi connectivity index (χ2n) is 6.29. The van der Waals surface area contributed by atoms with E-state index in [4.69, 9.17) is 0 Å². The molecule has 2 N–H and O–H groups in total. The SMILES string of the molecule is CN1CCC(CN(C)CCC(CO)NC2CC2)C1. The summed E-state index contributed by atoms with van der Waals surface area (Å²) in [7, 11) is 4.42. The molecule has 0 aromatic heterocycles. The van der Waals surface area contributed by atoms with Gasteiger partial charge in [0.1, 0.15) is 0 Å². The molecule has 0 spiro atoms. The number of nitrogens with one attached hydrogen (secondary N) is 1. The molecule has 0 amide bonds. The Labute approximate surface area is 111 Å². The van der Waals surface area contributed by atoms with Crippen LogP contribution in [0.5, 0.6) is 0 Å². The summed E-state index contributed by atoms with van der Waals surface area (Å²) in [6, 6.07) is 0.988. The van der Waals surface area contributed by atoms with Crippen molar-refractivity contribution >= 4 is 0 Å². The van der Waals surface area contributed by atoms with Crippen molar-refractivity contribution in [2.75, 3.05) is 46.9 Å². The Hall–Kier alpha value is -0.160. The second-order valence-corrected chi connectivity index (χ2v) is 6.29. The molecular weight excluding hydrogens is 226 g/mol. The Morgan fingerprint density at radius 1 is 1.39 bits per heavy atom. The molecule has 2 unspecified atom stereocenters. The Morgan fingerprint density at radius 3 is 2.72 bits per heavy atom. The molecule has 2 aliphatic rings. The number of likely N-dealkylation sites (tertiary alicyclic amines) is 1. The first-order valence-electron chi connectivity index (χ1n) is 7.41. The van der Waals surface area contributed by atoms with Crippen LogP contribution in [-0.4, -0.2) is 73.9 Å². The van der Waals surface area contributed by atoms with Gasteiger partial charge in [0, 0.05) is 25.2 Å². The van der Waals surface area contributed by atoms with Crippen LogP contribution in [0.4, 0.5) is 0 Å². The lowest BCUT2D eigenvalue weighted by Crippen LogP contribution is -2.38. The fourth-order valence-corrected chi connectivity index (χ4v) is 2.89. The summed E-state index contributed by atoms with van der Waals surface area (Å²) in [6.07, 6.45) is 4.98. The van der Waals surface area contributed by atoms with Crippen LogP contribution in [-0.2, 0) is 0 Å². The zero-order valence-electron chi connectivity index (χ0n) is 11.9. The molecule has 4 heteroatoms. The van der Waals surface area contributed by atoms with Gasteiger partial charge in [0.2, 0.25) is 0 Å². The van der Waals surface area contributed by atoms with Gasteiger partial charge < -0.3 is 20.2 Å². The Bertz CT molecular complexity index is 245. The molecule has 2 atom stereocenters. The molecule has 4 nitrogen and oxygen atoms in total. The lowest BCUT2D eigenvalue weighted by Gasteiger charge is -2.23. The van der Waals surface area contributed by atoms with Crippen LogP contribution in [0.25, 0.3) is 0 Å². The lowest BCUT2D eigenvalue weighted by molar-refractivity contribution is 0.207. The van der Waals surface area contributed by atoms with Crippen molar-refractivity contribution in [2.45, 2.75) is 37.8 Å². The van der Waals surface area contributed by atoms with Crippen molar-refractivity contribution in [3.05, 3.63) is 0 Å². The van der Waals surface area contributed by atoms with Gasteiger partial charge in [0.15, 0.2) is 0 Å². The summed E-state index contributed by atoms with van der Waals surface area (Å²) in [6.45, 7) is 5.06. The minimum absolute atomic E-state index is 0.274. The van der Waals surface area contributed by atoms with Crippen LogP contribution < -0.4 is 5.32 Å². The van der Waals surface area contributed by atoms with Gasteiger partial charge in [0.05, 0.1) is 6.61 Å². The topological polar surface area (TPSA) is 38.7 Å². The third kappa shape index (κ3) is 4.84.